The minimum absolute atomic E-state index is 0.00936. The number of aliphatic hydroxyl groups excluding tert-OH is 3. The Hall–Kier alpha value is -3.71. The van der Waals surface area contributed by atoms with E-state index < -0.39 is 49.4 Å². The number of esters is 1. The number of carbonyl (C=O) groups is 1. The third kappa shape index (κ3) is 4.97. The standard InChI is InChI=1S/C24H26O12/c1-10(25)33-9-19-20(29)21(30)22(31)24(36-19)35-18-8-13-15(28)6-12(26)7-16(13)34-23(18)11-3-4-14(27)17(5-11)32-2/h3-8,19-24,26-31H,9H2,1-2H3. The largest absolute Gasteiger partial charge is 0.508 e. The van der Waals surface area contributed by atoms with Crippen molar-refractivity contribution in [1.29, 1.82) is 0 Å². The highest BCUT2D eigenvalue weighted by atomic mass is 16.7. The Balaban J connectivity index is 1.70. The summed E-state index contributed by atoms with van der Waals surface area (Å²) < 4.78 is 27.5. The lowest BCUT2D eigenvalue weighted by Crippen LogP contribution is -2.59. The maximum atomic E-state index is 11.2. The van der Waals surface area contributed by atoms with E-state index in [9.17, 15) is 35.4 Å². The third-order valence-electron chi connectivity index (χ3n) is 5.77. The second-order valence-corrected chi connectivity index (χ2v) is 8.29. The van der Waals surface area contributed by atoms with Crippen LogP contribution >= 0.6 is 0 Å². The van der Waals surface area contributed by atoms with Crippen LogP contribution in [0.3, 0.4) is 0 Å². The van der Waals surface area contributed by atoms with Crippen LogP contribution in [-0.4, -0.2) is 81.0 Å². The lowest BCUT2D eigenvalue weighted by atomic mass is 9.98. The molecule has 2 aromatic rings. The summed E-state index contributed by atoms with van der Waals surface area (Å²) in [7, 11) is 1.36. The van der Waals surface area contributed by atoms with Crippen molar-refractivity contribution in [3.63, 3.8) is 0 Å². The van der Waals surface area contributed by atoms with Crippen molar-refractivity contribution in [3.8, 4) is 28.7 Å². The molecule has 6 unspecified atom stereocenters. The lowest BCUT2D eigenvalue weighted by molar-refractivity contribution is -0.294. The van der Waals surface area contributed by atoms with E-state index in [1.54, 1.807) is 0 Å². The van der Waals surface area contributed by atoms with E-state index in [1.807, 2.05) is 0 Å². The smallest absolute Gasteiger partial charge is 0.302 e. The van der Waals surface area contributed by atoms with Crippen LogP contribution in [0.15, 0.2) is 36.1 Å². The number of phenols is 3. The number of ether oxygens (including phenoxy) is 5. The van der Waals surface area contributed by atoms with Crippen LogP contribution in [0.1, 0.15) is 24.2 Å². The molecule has 0 aliphatic carbocycles. The molecule has 12 heteroatoms. The summed E-state index contributed by atoms with van der Waals surface area (Å²) in [5, 5.41) is 61.3. The van der Waals surface area contributed by atoms with E-state index in [0.29, 0.717) is 5.56 Å². The second kappa shape index (κ2) is 10.1. The summed E-state index contributed by atoms with van der Waals surface area (Å²) in [6.07, 6.45) is -7.38. The number of methoxy groups -OCH3 is 1. The van der Waals surface area contributed by atoms with Gasteiger partial charge in [0.2, 0.25) is 6.29 Å². The molecule has 2 aliphatic rings. The predicted molar refractivity (Wildman–Crippen MR) is 120 cm³/mol. The van der Waals surface area contributed by atoms with Crippen LogP contribution in [0.25, 0.3) is 6.08 Å². The molecule has 0 radical (unpaired) electrons. The number of aromatic hydroxyl groups is 3. The lowest BCUT2D eigenvalue weighted by Gasteiger charge is -2.41. The van der Waals surface area contributed by atoms with Crippen LogP contribution in [0.2, 0.25) is 0 Å². The molecular weight excluding hydrogens is 480 g/mol. The first-order chi connectivity index (χ1) is 17.1. The summed E-state index contributed by atoms with van der Waals surface area (Å²) in [5.74, 6) is -1.07. The summed E-state index contributed by atoms with van der Waals surface area (Å²) in [6.45, 7) is 0.758. The molecule has 36 heavy (non-hydrogen) atoms. The molecule has 0 aromatic heterocycles. The van der Waals surface area contributed by atoms with E-state index in [-0.39, 0.29) is 40.1 Å². The van der Waals surface area contributed by atoms with E-state index in [4.69, 9.17) is 23.7 Å². The number of aliphatic hydroxyl groups is 3. The van der Waals surface area contributed by atoms with Crippen molar-refractivity contribution >= 4 is 12.0 Å². The van der Waals surface area contributed by atoms with Gasteiger partial charge >= 0.3 is 5.97 Å². The number of benzene rings is 2. The molecule has 1 saturated heterocycles. The summed E-state index contributed by atoms with van der Waals surface area (Å²) in [6, 6.07) is 6.75. The molecule has 1 fully saturated rings. The van der Waals surface area contributed by atoms with Crippen LogP contribution in [0.5, 0.6) is 28.7 Å². The Morgan fingerprint density at radius 3 is 2.44 bits per heavy atom. The van der Waals surface area contributed by atoms with Gasteiger partial charge in [-0.2, -0.15) is 0 Å². The average molecular weight is 506 g/mol. The highest BCUT2D eigenvalue weighted by Gasteiger charge is 2.46. The molecule has 2 heterocycles. The Kier molecular flexibility index (Phi) is 7.13. The quantitative estimate of drug-likeness (QED) is 0.302. The molecule has 194 valence electrons. The number of fused-ring (bicyclic) bond motifs is 1. The minimum Gasteiger partial charge on any atom is -0.508 e. The molecule has 2 aromatic carbocycles. The molecule has 0 spiro atoms. The van der Waals surface area contributed by atoms with Crippen molar-refractivity contribution in [3.05, 3.63) is 47.2 Å². The molecular formula is C24H26O12. The molecule has 12 nitrogen and oxygen atoms in total. The van der Waals surface area contributed by atoms with Gasteiger partial charge < -0.3 is 54.3 Å². The van der Waals surface area contributed by atoms with E-state index in [0.717, 1.165) is 13.0 Å². The van der Waals surface area contributed by atoms with Gasteiger partial charge in [0, 0.05) is 24.6 Å². The topological polar surface area (TPSA) is 185 Å². The van der Waals surface area contributed by atoms with Gasteiger partial charge in [-0.25, -0.2) is 0 Å². The van der Waals surface area contributed by atoms with Crippen molar-refractivity contribution < 1.29 is 59.1 Å². The third-order valence-corrected chi connectivity index (χ3v) is 5.77. The van der Waals surface area contributed by atoms with Gasteiger partial charge in [0.1, 0.15) is 54.0 Å². The molecule has 4 rings (SSSR count). The highest BCUT2D eigenvalue weighted by Crippen LogP contribution is 2.45. The molecule has 2 aliphatic heterocycles. The normalized spacial score (nSPS) is 27.3. The van der Waals surface area contributed by atoms with Gasteiger partial charge in [0.25, 0.3) is 0 Å². The van der Waals surface area contributed by atoms with Crippen molar-refractivity contribution in [1.82, 2.24) is 0 Å². The summed E-state index contributed by atoms with van der Waals surface area (Å²) in [5.41, 5.74) is 0.582. The van der Waals surface area contributed by atoms with Crippen LogP contribution in [0.4, 0.5) is 0 Å². The van der Waals surface area contributed by atoms with Crippen LogP contribution < -0.4 is 9.47 Å². The van der Waals surface area contributed by atoms with E-state index >= 15 is 0 Å². The van der Waals surface area contributed by atoms with Gasteiger partial charge in [0.15, 0.2) is 17.6 Å². The summed E-state index contributed by atoms with van der Waals surface area (Å²) in [4.78, 5) is 11.2. The number of rotatable bonds is 6. The molecule has 0 amide bonds. The van der Waals surface area contributed by atoms with E-state index in [1.165, 1.54) is 37.5 Å². The Labute approximate surface area is 205 Å². The Morgan fingerprint density at radius 2 is 1.75 bits per heavy atom. The Bertz CT molecular complexity index is 1160. The fourth-order valence-electron chi connectivity index (χ4n) is 3.91. The predicted octanol–water partition coefficient (Wildman–Crippen LogP) is 0.674. The van der Waals surface area contributed by atoms with E-state index in [2.05, 4.69) is 0 Å². The molecule has 6 N–H and O–H groups in total. The zero-order chi connectivity index (χ0) is 26.1. The van der Waals surface area contributed by atoms with Crippen molar-refractivity contribution in [2.24, 2.45) is 0 Å². The van der Waals surface area contributed by atoms with Gasteiger partial charge in [-0.05, 0) is 18.2 Å². The Morgan fingerprint density at radius 1 is 1.00 bits per heavy atom. The number of phenolic OH excluding ortho intramolecular Hbond substituents is 3. The highest BCUT2D eigenvalue weighted by molar-refractivity contribution is 5.70. The zero-order valence-electron chi connectivity index (χ0n) is 19.3. The average Bonchev–Trinajstić information content (AvgIpc) is 2.83. The first kappa shape index (κ1) is 25.4. The SMILES string of the molecule is COc1cc(C2Oc3cc(O)cc(O)c3C=C2OC2OC(COC(C)=O)C(O)C(O)C2O)ccc1O. The maximum Gasteiger partial charge on any atom is 0.302 e. The molecule has 0 saturated carbocycles. The second-order valence-electron chi connectivity index (χ2n) is 8.29. The first-order valence-electron chi connectivity index (χ1n) is 10.9. The number of hydrogen-bond acceptors (Lipinski definition) is 12. The van der Waals surface area contributed by atoms with Crippen molar-refractivity contribution in [2.45, 2.75) is 43.7 Å². The maximum absolute atomic E-state index is 11.2. The number of carbonyl (C=O) groups excluding carboxylic acids is 1. The van der Waals surface area contributed by atoms with Crippen LogP contribution in [0, 0.1) is 0 Å². The van der Waals surface area contributed by atoms with Crippen LogP contribution in [-0.2, 0) is 19.0 Å². The molecule has 6 atom stereocenters. The van der Waals surface area contributed by atoms with Gasteiger partial charge in [-0.1, -0.05) is 6.07 Å². The minimum atomic E-state index is -1.71. The van der Waals surface area contributed by atoms with Crippen molar-refractivity contribution in [2.75, 3.05) is 13.7 Å². The fraction of sp³-hybridized carbons (Fsp3) is 0.375. The first-order valence-corrected chi connectivity index (χ1v) is 10.9. The summed E-state index contributed by atoms with van der Waals surface area (Å²) >= 11 is 0. The molecule has 0 bridgehead atoms. The zero-order valence-corrected chi connectivity index (χ0v) is 19.3. The van der Waals surface area contributed by atoms with Gasteiger partial charge in [-0.15, -0.1) is 0 Å². The van der Waals surface area contributed by atoms with Gasteiger partial charge in [0.05, 0.1) is 12.7 Å². The monoisotopic (exact) mass is 506 g/mol. The number of hydrogen-bond donors (Lipinski definition) is 6. The van der Waals surface area contributed by atoms with Gasteiger partial charge in [-0.3, -0.25) is 4.79 Å². The fourth-order valence-corrected chi connectivity index (χ4v) is 3.91.